The van der Waals surface area contributed by atoms with Crippen molar-refractivity contribution in [2.45, 2.75) is 11.8 Å². The van der Waals surface area contributed by atoms with Gasteiger partial charge in [0, 0.05) is 10.6 Å². The highest BCUT2D eigenvalue weighted by molar-refractivity contribution is 7.99. The summed E-state index contributed by atoms with van der Waals surface area (Å²) in [4.78, 5) is 11.7. The van der Waals surface area contributed by atoms with Crippen molar-refractivity contribution in [3.63, 3.8) is 0 Å². The first-order valence-electron chi connectivity index (χ1n) is 6.72. The Kier molecular flexibility index (Phi) is 4.99. The molecule has 1 aromatic carbocycles. The number of hydrogen-bond donors (Lipinski definition) is 1. The molecule has 0 spiro atoms. The van der Waals surface area contributed by atoms with Gasteiger partial charge in [-0.15, -0.1) is 10.2 Å². The highest BCUT2D eigenvalue weighted by Crippen LogP contribution is 2.24. The lowest BCUT2D eigenvalue weighted by Crippen LogP contribution is -2.24. The molecular weight excluding hydrogens is 338 g/mol. The molecule has 2 aromatic heterocycles. The van der Waals surface area contributed by atoms with Gasteiger partial charge in [0.1, 0.15) is 5.76 Å². The minimum absolute atomic E-state index is 0.141. The van der Waals surface area contributed by atoms with Crippen LogP contribution in [0, 0.1) is 0 Å². The zero-order valence-electron chi connectivity index (χ0n) is 11.9. The number of amides is 1. The monoisotopic (exact) mass is 349 g/mol. The first-order chi connectivity index (χ1) is 11.2. The molecule has 0 aliphatic heterocycles. The van der Waals surface area contributed by atoms with Crippen molar-refractivity contribution in [2.75, 3.05) is 5.75 Å². The second-order valence-electron chi connectivity index (χ2n) is 4.52. The van der Waals surface area contributed by atoms with Gasteiger partial charge in [-0.3, -0.25) is 4.79 Å². The maximum atomic E-state index is 11.7. The summed E-state index contributed by atoms with van der Waals surface area (Å²) in [5.74, 6) is 1.13. The summed E-state index contributed by atoms with van der Waals surface area (Å²) in [5.41, 5.74) is 0.774. The van der Waals surface area contributed by atoms with Crippen molar-refractivity contribution in [3.05, 3.63) is 53.4 Å². The largest absolute Gasteiger partial charge is 0.467 e. The number of nitrogens with one attached hydrogen (secondary N) is 1. The van der Waals surface area contributed by atoms with Crippen molar-refractivity contribution in [2.24, 2.45) is 0 Å². The minimum Gasteiger partial charge on any atom is -0.467 e. The minimum atomic E-state index is -0.141. The molecule has 3 rings (SSSR count). The SMILES string of the molecule is O=C(CSc1nnc(-c2ccc(Cl)cc2)o1)NCc1ccco1. The summed E-state index contributed by atoms with van der Waals surface area (Å²) in [6.07, 6.45) is 1.56. The number of thioether (sulfide) groups is 1. The number of aromatic nitrogens is 2. The van der Waals surface area contributed by atoms with Crippen LogP contribution in [0.1, 0.15) is 5.76 Å². The number of benzene rings is 1. The molecule has 1 amide bonds. The number of furan rings is 1. The molecule has 0 saturated carbocycles. The van der Waals surface area contributed by atoms with Crippen LogP contribution in [0.5, 0.6) is 0 Å². The molecule has 1 N–H and O–H groups in total. The fraction of sp³-hybridized carbons (Fsp3) is 0.133. The number of rotatable bonds is 6. The summed E-state index contributed by atoms with van der Waals surface area (Å²) in [6, 6.07) is 10.6. The Balaban J connectivity index is 1.50. The van der Waals surface area contributed by atoms with Crippen LogP contribution in [0.2, 0.25) is 5.02 Å². The van der Waals surface area contributed by atoms with Crippen molar-refractivity contribution >= 4 is 29.3 Å². The Morgan fingerprint density at radius 3 is 2.78 bits per heavy atom. The van der Waals surface area contributed by atoms with Gasteiger partial charge in [0.25, 0.3) is 5.22 Å². The fourth-order valence-electron chi connectivity index (χ4n) is 1.75. The maximum absolute atomic E-state index is 11.7. The van der Waals surface area contributed by atoms with Crippen molar-refractivity contribution in [3.8, 4) is 11.5 Å². The Morgan fingerprint density at radius 2 is 2.04 bits per heavy atom. The van der Waals surface area contributed by atoms with Crippen LogP contribution in [0.3, 0.4) is 0 Å². The maximum Gasteiger partial charge on any atom is 0.277 e. The summed E-state index contributed by atoms with van der Waals surface area (Å²) in [7, 11) is 0. The lowest BCUT2D eigenvalue weighted by molar-refractivity contribution is -0.118. The third kappa shape index (κ3) is 4.37. The molecule has 0 bridgehead atoms. The Labute approximate surface area is 141 Å². The van der Waals surface area contributed by atoms with E-state index < -0.39 is 0 Å². The second kappa shape index (κ2) is 7.34. The Morgan fingerprint density at radius 1 is 1.22 bits per heavy atom. The fourth-order valence-corrected chi connectivity index (χ4v) is 2.47. The predicted molar refractivity (Wildman–Crippen MR) is 86.0 cm³/mol. The van der Waals surface area contributed by atoms with Gasteiger partial charge in [0.2, 0.25) is 11.8 Å². The average molecular weight is 350 g/mol. The van der Waals surface area contributed by atoms with Gasteiger partial charge in [-0.2, -0.15) is 0 Å². The van der Waals surface area contributed by atoms with E-state index in [2.05, 4.69) is 15.5 Å². The van der Waals surface area contributed by atoms with E-state index in [1.807, 2.05) is 0 Å². The first-order valence-corrected chi connectivity index (χ1v) is 8.08. The van der Waals surface area contributed by atoms with E-state index in [4.69, 9.17) is 20.4 Å². The molecule has 0 radical (unpaired) electrons. The number of carbonyl (C=O) groups excluding carboxylic acids is 1. The van der Waals surface area contributed by atoms with Crippen LogP contribution >= 0.6 is 23.4 Å². The van der Waals surface area contributed by atoms with Crippen molar-refractivity contribution in [1.82, 2.24) is 15.5 Å². The molecule has 118 valence electrons. The van der Waals surface area contributed by atoms with E-state index in [-0.39, 0.29) is 11.7 Å². The van der Waals surface area contributed by atoms with Crippen LogP contribution in [0.15, 0.2) is 56.7 Å². The van der Waals surface area contributed by atoms with E-state index in [1.54, 1.807) is 42.7 Å². The highest BCUT2D eigenvalue weighted by Gasteiger charge is 2.11. The second-order valence-corrected chi connectivity index (χ2v) is 5.89. The highest BCUT2D eigenvalue weighted by atomic mass is 35.5. The molecule has 0 unspecified atom stereocenters. The van der Waals surface area contributed by atoms with Crippen LogP contribution < -0.4 is 5.32 Å². The topological polar surface area (TPSA) is 81.2 Å². The summed E-state index contributed by atoms with van der Waals surface area (Å²) in [6.45, 7) is 0.353. The van der Waals surface area contributed by atoms with Gasteiger partial charge in [0.15, 0.2) is 0 Å². The number of carbonyl (C=O) groups is 1. The Hall–Kier alpha value is -2.25. The molecule has 0 atom stereocenters. The quantitative estimate of drug-likeness (QED) is 0.687. The van der Waals surface area contributed by atoms with Crippen LogP contribution in [0.4, 0.5) is 0 Å². The summed E-state index contributed by atoms with van der Waals surface area (Å²) < 4.78 is 10.6. The lowest BCUT2D eigenvalue weighted by Gasteiger charge is -2.01. The smallest absolute Gasteiger partial charge is 0.277 e. The van der Waals surface area contributed by atoms with Gasteiger partial charge in [0.05, 0.1) is 18.6 Å². The van der Waals surface area contributed by atoms with Gasteiger partial charge in [-0.1, -0.05) is 23.4 Å². The van der Waals surface area contributed by atoms with Crippen molar-refractivity contribution in [1.29, 1.82) is 0 Å². The molecule has 0 saturated heterocycles. The molecule has 0 fully saturated rings. The summed E-state index contributed by atoms with van der Waals surface area (Å²) in [5, 5.41) is 11.6. The zero-order chi connectivity index (χ0) is 16.1. The molecule has 3 aromatic rings. The van der Waals surface area contributed by atoms with Crippen LogP contribution in [0.25, 0.3) is 11.5 Å². The van der Waals surface area contributed by atoms with Gasteiger partial charge in [-0.25, -0.2) is 0 Å². The zero-order valence-corrected chi connectivity index (χ0v) is 13.4. The van der Waals surface area contributed by atoms with Crippen LogP contribution in [-0.2, 0) is 11.3 Å². The third-order valence-corrected chi connectivity index (χ3v) is 3.93. The molecule has 6 nitrogen and oxygen atoms in total. The average Bonchev–Trinajstić information content (AvgIpc) is 3.23. The molecule has 8 heteroatoms. The van der Waals surface area contributed by atoms with E-state index >= 15 is 0 Å². The molecular formula is C15H12ClN3O3S. The first kappa shape index (κ1) is 15.6. The van der Waals surface area contributed by atoms with Gasteiger partial charge in [-0.05, 0) is 36.4 Å². The number of halogens is 1. The predicted octanol–water partition coefficient (Wildman–Crippen LogP) is 3.39. The van der Waals surface area contributed by atoms with Gasteiger partial charge < -0.3 is 14.2 Å². The normalized spacial score (nSPS) is 10.7. The van der Waals surface area contributed by atoms with Crippen molar-refractivity contribution < 1.29 is 13.6 Å². The lowest BCUT2D eigenvalue weighted by atomic mass is 10.2. The van der Waals surface area contributed by atoms with E-state index in [9.17, 15) is 4.79 Å². The summed E-state index contributed by atoms with van der Waals surface area (Å²) >= 11 is 7.01. The molecule has 23 heavy (non-hydrogen) atoms. The van der Waals surface area contributed by atoms with E-state index in [1.165, 1.54) is 11.8 Å². The Bertz CT molecular complexity index is 772. The molecule has 2 heterocycles. The standard InChI is InChI=1S/C15H12ClN3O3S/c16-11-5-3-10(4-6-11)14-18-19-15(22-14)23-9-13(20)17-8-12-2-1-7-21-12/h1-7H,8-9H2,(H,17,20). The number of hydrogen-bond acceptors (Lipinski definition) is 6. The van der Waals surface area contributed by atoms with Gasteiger partial charge >= 0.3 is 0 Å². The third-order valence-electron chi connectivity index (χ3n) is 2.86. The van der Waals surface area contributed by atoms with Crippen LogP contribution in [-0.4, -0.2) is 21.9 Å². The number of nitrogens with zero attached hydrogens (tertiary/aromatic N) is 2. The van der Waals surface area contributed by atoms with E-state index in [0.29, 0.717) is 28.4 Å². The molecule has 0 aliphatic carbocycles. The molecule has 0 aliphatic rings. The van der Waals surface area contributed by atoms with E-state index in [0.717, 1.165) is 5.56 Å².